The number of amides is 1. The van der Waals surface area contributed by atoms with Gasteiger partial charge in [0, 0.05) is 29.9 Å². The van der Waals surface area contributed by atoms with Crippen molar-refractivity contribution in [1.29, 1.82) is 0 Å². The predicted octanol–water partition coefficient (Wildman–Crippen LogP) is 2.44. The molecule has 0 aromatic carbocycles. The van der Waals surface area contributed by atoms with Gasteiger partial charge in [-0.3, -0.25) is 14.8 Å². The van der Waals surface area contributed by atoms with E-state index in [0.29, 0.717) is 0 Å². The third kappa shape index (κ3) is 3.52. The van der Waals surface area contributed by atoms with Gasteiger partial charge in [-0.25, -0.2) is 0 Å². The average Bonchev–Trinajstić information content (AvgIpc) is 2.38. The van der Waals surface area contributed by atoms with Crippen molar-refractivity contribution in [3.63, 3.8) is 0 Å². The third-order valence-corrected chi connectivity index (χ3v) is 2.26. The molecule has 2 aromatic rings. The van der Waals surface area contributed by atoms with Crippen LogP contribution in [0.2, 0.25) is 0 Å². The molecule has 0 aliphatic carbocycles. The van der Waals surface area contributed by atoms with Crippen LogP contribution in [0.4, 0.5) is 5.69 Å². The summed E-state index contributed by atoms with van der Waals surface area (Å²) >= 11 is 0. The Bertz CT molecular complexity index is 564. The first-order valence-electron chi connectivity index (χ1n) is 5.57. The lowest BCUT2D eigenvalue weighted by Gasteiger charge is -2.01. The van der Waals surface area contributed by atoms with Crippen LogP contribution in [0.1, 0.15) is 11.4 Å². The molecule has 0 radical (unpaired) electrons. The van der Waals surface area contributed by atoms with Gasteiger partial charge in [-0.15, -0.1) is 0 Å². The molecule has 0 atom stereocenters. The van der Waals surface area contributed by atoms with Gasteiger partial charge >= 0.3 is 0 Å². The summed E-state index contributed by atoms with van der Waals surface area (Å²) in [6.45, 7) is 1.87. The van der Waals surface area contributed by atoms with Crippen LogP contribution in [-0.2, 0) is 4.79 Å². The van der Waals surface area contributed by atoms with E-state index >= 15 is 0 Å². The maximum absolute atomic E-state index is 11.7. The van der Waals surface area contributed by atoms with E-state index < -0.39 is 0 Å². The van der Waals surface area contributed by atoms with Crippen molar-refractivity contribution in [2.75, 3.05) is 5.32 Å². The van der Waals surface area contributed by atoms with Crippen LogP contribution in [0.5, 0.6) is 0 Å². The molecular formula is C14H13N3O. The summed E-state index contributed by atoms with van der Waals surface area (Å²) in [6.07, 6.45) is 6.47. The molecule has 4 nitrogen and oxygen atoms in total. The summed E-state index contributed by atoms with van der Waals surface area (Å²) < 4.78 is 0. The molecule has 2 rings (SSSR count). The SMILES string of the molecule is Cc1cc(NC(=O)C=Cc2ccccn2)ccn1. The van der Waals surface area contributed by atoms with Crippen molar-refractivity contribution in [3.8, 4) is 0 Å². The Hall–Kier alpha value is -2.49. The largest absolute Gasteiger partial charge is 0.322 e. The van der Waals surface area contributed by atoms with E-state index in [2.05, 4.69) is 15.3 Å². The highest BCUT2D eigenvalue weighted by atomic mass is 16.1. The smallest absolute Gasteiger partial charge is 0.248 e. The molecule has 0 fully saturated rings. The fraction of sp³-hybridized carbons (Fsp3) is 0.0714. The summed E-state index contributed by atoms with van der Waals surface area (Å²) in [5.74, 6) is -0.189. The average molecular weight is 239 g/mol. The van der Waals surface area contributed by atoms with Gasteiger partial charge in [-0.05, 0) is 37.3 Å². The highest BCUT2D eigenvalue weighted by Crippen LogP contribution is 2.07. The van der Waals surface area contributed by atoms with Gasteiger partial charge in [0.05, 0.1) is 5.69 Å². The summed E-state index contributed by atoms with van der Waals surface area (Å²) in [4.78, 5) is 19.8. The minimum atomic E-state index is -0.189. The van der Waals surface area contributed by atoms with E-state index in [9.17, 15) is 4.79 Å². The van der Waals surface area contributed by atoms with E-state index in [1.54, 1.807) is 24.5 Å². The third-order valence-electron chi connectivity index (χ3n) is 2.26. The van der Waals surface area contributed by atoms with Crippen molar-refractivity contribution in [1.82, 2.24) is 9.97 Å². The maximum atomic E-state index is 11.7. The Morgan fingerprint density at radius 1 is 1.22 bits per heavy atom. The van der Waals surface area contributed by atoms with Crippen LogP contribution in [-0.4, -0.2) is 15.9 Å². The number of nitrogens with one attached hydrogen (secondary N) is 1. The number of anilines is 1. The quantitative estimate of drug-likeness (QED) is 0.837. The number of aryl methyl sites for hydroxylation is 1. The van der Waals surface area contributed by atoms with Crippen LogP contribution >= 0.6 is 0 Å². The maximum Gasteiger partial charge on any atom is 0.248 e. The van der Waals surface area contributed by atoms with Crippen LogP contribution in [0, 0.1) is 6.92 Å². The number of carbonyl (C=O) groups excluding carboxylic acids is 1. The van der Waals surface area contributed by atoms with Gasteiger partial charge in [0.15, 0.2) is 0 Å². The molecule has 0 aliphatic rings. The van der Waals surface area contributed by atoms with E-state index in [-0.39, 0.29) is 5.91 Å². The topological polar surface area (TPSA) is 54.9 Å². The highest BCUT2D eigenvalue weighted by Gasteiger charge is 1.98. The normalized spacial score (nSPS) is 10.5. The van der Waals surface area contributed by atoms with E-state index in [1.807, 2.05) is 31.2 Å². The zero-order chi connectivity index (χ0) is 12.8. The van der Waals surface area contributed by atoms with Crippen LogP contribution in [0.25, 0.3) is 6.08 Å². The summed E-state index contributed by atoms with van der Waals surface area (Å²) in [7, 11) is 0. The first kappa shape index (κ1) is 12.0. The summed E-state index contributed by atoms with van der Waals surface area (Å²) in [5.41, 5.74) is 2.35. The highest BCUT2D eigenvalue weighted by molar-refractivity contribution is 6.01. The Labute approximate surface area is 105 Å². The van der Waals surface area contributed by atoms with Gasteiger partial charge < -0.3 is 5.32 Å². The predicted molar refractivity (Wildman–Crippen MR) is 70.9 cm³/mol. The van der Waals surface area contributed by atoms with Crippen molar-refractivity contribution >= 4 is 17.7 Å². The lowest BCUT2D eigenvalue weighted by Crippen LogP contribution is -2.07. The van der Waals surface area contributed by atoms with Gasteiger partial charge in [0.25, 0.3) is 0 Å². The van der Waals surface area contributed by atoms with Gasteiger partial charge in [-0.1, -0.05) is 6.07 Å². The van der Waals surface area contributed by atoms with Crippen molar-refractivity contribution in [3.05, 3.63) is 60.2 Å². The second-order valence-corrected chi connectivity index (χ2v) is 3.76. The summed E-state index contributed by atoms with van der Waals surface area (Å²) in [5, 5.41) is 2.76. The van der Waals surface area contributed by atoms with Gasteiger partial charge in [-0.2, -0.15) is 0 Å². The molecule has 0 aliphatic heterocycles. The Balaban J connectivity index is 1.99. The van der Waals surface area contributed by atoms with Crippen LogP contribution in [0.15, 0.2) is 48.8 Å². The Morgan fingerprint density at radius 3 is 2.83 bits per heavy atom. The number of aromatic nitrogens is 2. The molecule has 18 heavy (non-hydrogen) atoms. The zero-order valence-corrected chi connectivity index (χ0v) is 10.00. The molecule has 2 heterocycles. The fourth-order valence-electron chi connectivity index (χ4n) is 1.44. The lowest BCUT2D eigenvalue weighted by atomic mass is 10.3. The minimum absolute atomic E-state index is 0.189. The number of hydrogen-bond acceptors (Lipinski definition) is 3. The molecule has 0 bridgehead atoms. The molecule has 2 aromatic heterocycles. The van der Waals surface area contributed by atoms with E-state index in [1.165, 1.54) is 6.08 Å². The van der Waals surface area contributed by atoms with Gasteiger partial charge in [0.1, 0.15) is 0 Å². The number of rotatable bonds is 3. The molecule has 1 amide bonds. The lowest BCUT2D eigenvalue weighted by molar-refractivity contribution is -0.111. The van der Waals surface area contributed by atoms with Crippen molar-refractivity contribution in [2.24, 2.45) is 0 Å². The van der Waals surface area contributed by atoms with Crippen molar-refractivity contribution in [2.45, 2.75) is 6.92 Å². The fourth-order valence-corrected chi connectivity index (χ4v) is 1.44. The van der Waals surface area contributed by atoms with Crippen LogP contribution in [0.3, 0.4) is 0 Å². The number of carbonyl (C=O) groups is 1. The second-order valence-electron chi connectivity index (χ2n) is 3.76. The van der Waals surface area contributed by atoms with E-state index in [4.69, 9.17) is 0 Å². The first-order chi connectivity index (χ1) is 8.74. The zero-order valence-electron chi connectivity index (χ0n) is 10.00. The molecule has 90 valence electrons. The van der Waals surface area contributed by atoms with Crippen molar-refractivity contribution < 1.29 is 4.79 Å². The monoisotopic (exact) mass is 239 g/mol. The second kappa shape index (κ2) is 5.72. The summed E-state index contributed by atoms with van der Waals surface area (Å²) in [6, 6.07) is 9.10. The molecular weight excluding hydrogens is 226 g/mol. The Kier molecular flexibility index (Phi) is 3.81. The van der Waals surface area contributed by atoms with Crippen LogP contribution < -0.4 is 5.32 Å². The molecule has 0 saturated heterocycles. The van der Waals surface area contributed by atoms with Gasteiger partial charge in [0.2, 0.25) is 5.91 Å². The number of nitrogens with zero attached hydrogens (tertiary/aromatic N) is 2. The molecule has 1 N–H and O–H groups in total. The number of hydrogen-bond donors (Lipinski definition) is 1. The molecule has 4 heteroatoms. The minimum Gasteiger partial charge on any atom is -0.322 e. The Morgan fingerprint density at radius 2 is 2.11 bits per heavy atom. The molecule has 0 unspecified atom stereocenters. The van der Waals surface area contributed by atoms with E-state index in [0.717, 1.165) is 17.1 Å². The first-order valence-corrected chi connectivity index (χ1v) is 5.57. The number of pyridine rings is 2. The molecule has 0 saturated carbocycles. The standard InChI is InChI=1S/C14H13N3O/c1-11-10-13(7-9-15-11)17-14(18)6-5-12-4-2-3-8-16-12/h2-10H,1H3,(H,15,17,18). The molecule has 0 spiro atoms.